The Bertz CT molecular complexity index is 219. The fourth-order valence-corrected chi connectivity index (χ4v) is 2.80. The van der Waals surface area contributed by atoms with E-state index in [4.69, 9.17) is 0 Å². The number of hydrogen-bond acceptors (Lipinski definition) is 1. The maximum atomic E-state index is 3.67. The lowest BCUT2D eigenvalue weighted by Crippen LogP contribution is -2.36. The Kier molecular flexibility index (Phi) is 3.27. The lowest BCUT2D eigenvalue weighted by molar-refractivity contribution is 0.335. The van der Waals surface area contributed by atoms with Crippen LogP contribution in [0.25, 0.3) is 0 Å². The van der Waals surface area contributed by atoms with E-state index in [2.05, 4.69) is 25.2 Å². The van der Waals surface area contributed by atoms with Crippen molar-refractivity contribution in [2.24, 2.45) is 11.8 Å². The molecule has 0 aromatic rings. The molecule has 0 saturated carbocycles. The highest BCUT2D eigenvalue weighted by Crippen LogP contribution is 2.27. The second kappa shape index (κ2) is 4.48. The van der Waals surface area contributed by atoms with Crippen LogP contribution in [0.2, 0.25) is 0 Å². The van der Waals surface area contributed by atoms with Crippen molar-refractivity contribution in [1.29, 1.82) is 0 Å². The van der Waals surface area contributed by atoms with Gasteiger partial charge in [-0.25, -0.2) is 0 Å². The third kappa shape index (κ3) is 2.60. The van der Waals surface area contributed by atoms with E-state index in [-0.39, 0.29) is 0 Å². The molecule has 2 aliphatic heterocycles. The molecule has 2 heterocycles. The highest BCUT2D eigenvalue weighted by Gasteiger charge is 2.20. The molecule has 1 aliphatic carbocycles. The van der Waals surface area contributed by atoms with Crippen LogP contribution in [0.3, 0.4) is 0 Å². The largest absolute Gasteiger partial charge is 0.310 e. The van der Waals surface area contributed by atoms with Gasteiger partial charge in [0.2, 0.25) is 0 Å². The average molecular weight is 193 g/mol. The Morgan fingerprint density at radius 3 is 2.71 bits per heavy atom. The summed E-state index contributed by atoms with van der Waals surface area (Å²) >= 11 is 0. The van der Waals surface area contributed by atoms with Crippen molar-refractivity contribution >= 4 is 0 Å². The Labute approximate surface area is 88.0 Å². The topological polar surface area (TPSA) is 12.0 Å². The molecule has 2 bridgehead atoms. The zero-order valence-corrected chi connectivity index (χ0v) is 9.55. The SMILES string of the molecule is CC1CCC(C)CC2CC=C(CN2)C1. The molecule has 0 amide bonds. The van der Waals surface area contributed by atoms with Gasteiger partial charge in [-0.3, -0.25) is 0 Å². The quantitative estimate of drug-likeness (QED) is 0.583. The third-order valence-electron chi connectivity index (χ3n) is 3.76. The Morgan fingerprint density at radius 1 is 1.21 bits per heavy atom. The first-order valence-electron chi connectivity index (χ1n) is 6.15. The molecule has 3 atom stereocenters. The summed E-state index contributed by atoms with van der Waals surface area (Å²) in [5.74, 6) is 1.79. The molecule has 1 N–H and O–H groups in total. The minimum atomic E-state index is 0.766. The van der Waals surface area contributed by atoms with Crippen LogP contribution in [-0.4, -0.2) is 12.6 Å². The van der Waals surface area contributed by atoms with Gasteiger partial charge in [-0.1, -0.05) is 38.3 Å². The van der Waals surface area contributed by atoms with Crippen LogP contribution in [0.5, 0.6) is 0 Å². The van der Waals surface area contributed by atoms with Gasteiger partial charge in [0.15, 0.2) is 0 Å². The van der Waals surface area contributed by atoms with Gasteiger partial charge in [0.1, 0.15) is 0 Å². The van der Waals surface area contributed by atoms with Crippen molar-refractivity contribution < 1.29 is 0 Å². The molecule has 3 unspecified atom stereocenters. The summed E-state index contributed by atoms with van der Waals surface area (Å²) in [4.78, 5) is 0. The number of hydrogen-bond donors (Lipinski definition) is 1. The van der Waals surface area contributed by atoms with Crippen LogP contribution in [0.1, 0.15) is 46.0 Å². The van der Waals surface area contributed by atoms with Crippen LogP contribution in [0, 0.1) is 11.8 Å². The molecular formula is C13H23N. The first kappa shape index (κ1) is 10.2. The van der Waals surface area contributed by atoms with Crippen molar-refractivity contribution in [2.45, 2.75) is 52.0 Å². The van der Waals surface area contributed by atoms with E-state index in [1.54, 1.807) is 5.57 Å². The Balaban J connectivity index is 2.04. The number of fused-ring (bicyclic) bond motifs is 7. The van der Waals surface area contributed by atoms with E-state index in [0.29, 0.717) is 0 Å². The fraction of sp³-hybridized carbons (Fsp3) is 0.846. The summed E-state index contributed by atoms with van der Waals surface area (Å²) < 4.78 is 0. The number of rotatable bonds is 0. The normalized spacial score (nSPS) is 39.3. The molecule has 3 rings (SSSR count). The Hall–Kier alpha value is -0.300. The highest BCUT2D eigenvalue weighted by atomic mass is 14.9. The van der Waals surface area contributed by atoms with Crippen molar-refractivity contribution in [3.8, 4) is 0 Å². The maximum Gasteiger partial charge on any atom is 0.0167 e. The van der Waals surface area contributed by atoms with Gasteiger partial charge in [0.05, 0.1) is 0 Å². The highest BCUT2D eigenvalue weighted by molar-refractivity contribution is 5.10. The van der Waals surface area contributed by atoms with Gasteiger partial charge in [-0.2, -0.15) is 0 Å². The molecule has 0 spiro atoms. The summed E-state index contributed by atoms with van der Waals surface area (Å²) in [5.41, 5.74) is 1.66. The van der Waals surface area contributed by atoms with Gasteiger partial charge in [0.25, 0.3) is 0 Å². The summed E-state index contributed by atoms with van der Waals surface area (Å²) in [6.45, 7) is 5.97. The molecule has 80 valence electrons. The van der Waals surface area contributed by atoms with Gasteiger partial charge in [-0.05, 0) is 31.1 Å². The van der Waals surface area contributed by atoms with Gasteiger partial charge in [-0.15, -0.1) is 0 Å². The molecule has 14 heavy (non-hydrogen) atoms. The third-order valence-corrected chi connectivity index (χ3v) is 3.76. The monoisotopic (exact) mass is 193 g/mol. The molecule has 0 aromatic heterocycles. The standard InChI is InChI=1S/C13H23N/c1-10-3-4-11(2)8-13-6-5-12(7-10)9-14-13/h5,10-11,13-14H,3-4,6-9H2,1-2H3. The predicted molar refractivity (Wildman–Crippen MR) is 61.3 cm³/mol. The van der Waals surface area contributed by atoms with E-state index < -0.39 is 0 Å². The van der Waals surface area contributed by atoms with Crippen molar-refractivity contribution in [1.82, 2.24) is 5.32 Å². The maximum absolute atomic E-state index is 3.67. The second-order valence-corrected chi connectivity index (χ2v) is 5.40. The summed E-state index contributed by atoms with van der Waals surface area (Å²) in [7, 11) is 0. The van der Waals surface area contributed by atoms with Crippen LogP contribution in [0.4, 0.5) is 0 Å². The molecule has 1 heteroatoms. The predicted octanol–water partition coefficient (Wildman–Crippen LogP) is 3.12. The van der Waals surface area contributed by atoms with E-state index in [1.807, 2.05) is 0 Å². The van der Waals surface area contributed by atoms with E-state index >= 15 is 0 Å². The minimum absolute atomic E-state index is 0.766. The van der Waals surface area contributed by atoms with Crippen molar-refractivity contribution in [3.63, 3.8) is 0 Å². The van der Waals surface area contributed by atoms with Crippen molar-refractivity contribution in [3.05, 3.63) is 11.6 Å². The average Bonchev–Trinajstić information content (AvgIpc) is 2.18. The van der Waals surface area contributed by atoms with Gasteiger partial charge in [0, 0.05) is 12.6 Å². The molecule has 1 saturated heterocycles. The van der Waals surface area contributed by atoms with E-state index in [0.717, 1.165) is 24.4 Å². The van der Waals surface area contributed by atoms with Crippen LogP contribution >= 0.6 is 0 Å². The molecular weight excluding hydrogens is 170 g/mol. The summed E-state index contributed by atoms with van der Waals surface area (Å²) in [6.07, 6.45) is 9.31. The zero-order valence-electron chi connectivity index (χ0n) is 9.55. The summed E-state index contributed by atoms with van der Waals surface area (Å²) in [5, 5.41) is 3.67. The first-order valence-corrected chi connectivity index (χ1v) is 6.15. The van der Waals surface area contributed by atoms with E-state index in [9.17, 15) is 0 Å². The minimum Gasteiger partial charge on any atom is -0.310 e. The number of nitrogens with one attached hydrogen (secondary N) is 1. The van der Waals surface area contributed by atoms with E-state index in [1.165, 1.54) is 32.1 Å². The lowest BCUT2D eigenvalue weighted by Gasteiger charge is -2.30. The van der Waals surface area contributed by atoms with Crippen LogP contribution in [0.15, 0.2) is 11.6 Å². The fourth-order valence-electron chi connectivity index (χ4n) is 2.80. The summed E-state index contributed by atoms with van der Waals surface area (Å²) in [6, 6.07) is 0.766. The lowest BCUT2D eigenvalue weighted by atomic mass is 9.85. The molecule has 0 radical (unpaired) electrons. The van der Waals surface area contributed by atoms with Crippen molar-refractivity contribution in [2.75, 3.05) is 6.54 Å². The van der Waals surface area contributed by atoms with Gasteiger partial charge < -0.3 is 5.32 Å². The molecule has 1 fully saturated rings. The van der Waals surface area contributed by atoms with Crippen LogP contribution in [-0.2, 0) is 0 Å². The molecule has 0 aromatic carbocycles. The smallest absolute Gasteiger partial charge is 0.0167 e. The Morgan fingerprint density at radius 2 is 2.00 bits per heavy atom. The second-order valence-electron chi connectivity index (χ2n) is 5.40. The van der Waals surface area contributed by atoms with Gasteiger partial charge >= 0.3 is 0 Å². The molecule has 3 aliphatic rings. The van der Waals surface area contributed by atoms with Crippen LogP contribution < -0.4 is 5.32 Å². The first-order chi connectivity index (χ1) is 6.74. The zero-order chi connectivity index (χ0) is 9.97. The molecule has 1 nitrogen and oxygen atoms in total.